The molecule has 0 bridgehead atoms. The molecule has 7 nitrogen and oxygen atoms in total. The van der Waals surface area contributed by atoms with Crippen molar-refractivity contribution in [2.75, 3.05) is 64.4 Å². The summed E-state index contributed by atoms with van der Waals surface area (Å²) in [5, 5.41) is 11.1. The molecule has 3 rings (SSSR count). The molecule has 1 atom stereocenters. The Bertz CT molecular complexity index is 641. The van der Waals surface area contributed by atoms with Crippen LogP contribution in [-0.2, 0) is 9.53 Å². The molecule has 2 fully saturated rings. The lowest BCUT2D eigenvalue weighted by Crippen LogP contribution is -2.59. The quantitative estimate of drug-likeness (QED) is 0.796. The molecule has 0 unspecified atom stereocenters. The van der Waals surface area contributed by atoms with Crippen molar-refractivity contribution in [1.82, 2.24) is 14.8 Å². The van der Waals surface area contributed by atoms with Crippen molar-refractivity contribution < 1.29 is 14.6 Å². The molecule has 0 spiro atoms. The van der Waals surface area contributed by atoms with Gasteiger partial charge in [-0.1, -0.05) is 0 Å². The lowest BCUT2D eigenvalue weighted by atomic mass is 9.91. The molecule has 1 N–H and O–H groups in total. The number of nitrogens with zero attached hydrogens (tertiary/aromatic N) is 4. The molecule has 0 aliphatic carbocycles. The second kappa shape index (κ2) is 8.99. The number of aromatic nitrogens is 1. The van der Waals surface area contributed by atoms with Crippen molar-refractivity contribution in [3.63, 3.8) is 0 Å². The van der Waals surface area contributed by atoms with E-state index in [0.29, 0.717) is 32.7 Å². The predicted molar refractivity (Wildman–Crippen MR) is 105 cm³/mol. The van der Waals surface area contributed by atoms with Crippen molar-refractivity contribution in [2.24, 2.45) is 0 Å². The third-order valence-electron chi connectivity index (χ3n) is 5.67. The second-order valence-electron chi connectivity index (χ2n) is 7.70. The number of methoxy groups -OCH3 is 1. The maximum atomic E-state index is 12.8. The van der Waals surface area contributed by atoms with E-state index in [4.69, 9.17) is 4.74 Å². The highest BCUT2D eigenvalue weighted by atomic mass is 16.5. The Morgan fingerprint density at radius 1 is 1.22 bits per heavy atom. The molecule has 27 heavy (non-hydrogen) atoms. The van der Waals surface area contributed by atoms with E-state index >= 15 is 0 Å². The van der Waals surface area contributed by atoms with Crippen LogP contribution in [0.3, 0.4) is 0 Å². The molecule has 7 heteroatoms. The molecule has 0 saturated carbocycles. The topological polar surface area (TPSA) is 69.1 Å². The number of rotatable bonds is 6. The van der Waals surface area contributed by atoms with Gasteiger partial charge < -0.3 is 19.6 Å². The summed E-state index contributed by atoms with van der Waals surface area (Å²) in [6.45, 7) is 7.87. The minimum absolute atomic E-state index is 0.142. The van der Waals surface area contributed by atoms with E-state index in [1.165, 1.54) is 11.3 Å². The normalized spacial score (nSPS) is 24.9. The lowest BCUT2D eigenvalue weighted by molar-refractivity contribution is -0.160. The van der Waals surface area contributed by atoms with E-state index in [9.17, 15) is 9.90 Å². The molecule has 2 saturated heterocycles. The number of β-amino-alcohol motifs (C(OH)–C–C–N with tert-alkyl or cyclic N) is 1. The Labute approximate surface area is 161 Å². The number of pyridine rings is 1. The smallest absolute Gasteiger partial charge is 0.255 e. The number of likely N-dealkylation sites (tertiary alicyclic amines) is 1. The summed E-state index contributed by atoms with van der Waals surface area (Å²) in [5.74, 6) is -0.142. The van der Waals surface area contributed by atoms with E-state index in [1.54, 1.807) is 12.0 Å². The first kappa shape index (κ1) is 20.0. The molecule has 3 heterocycles. The number of piperidine rings is 1. The third-order valence-corrected chi connectivity index (χ3v) is 5.67. The van der Waals surface area contributed by atoms with Crippen molar-refractivity contribution in [1.29, 1.82) is 0 Å². The van der Waals surface area contributed by atoms with Gasteiger partial charge >= 0.3 is 0 Å². The highest BCUT2D eigenvalue weighted by molar-refractivity contribution is 5.86. The summed E-state index contributed by atoms with van der Waals surface area (Å²) >= 11 is 0. The number of carbonyl (C=O) groups excluding carboxylic acids is 1. The fourth-order valence-electron chi connectivity index (χ4n) is 4.19. The van der Waals surface area contributed by atoms with Crippen molar-refractivity contribution >= 4 is 11.6 Å². The molecule has 1 amide bonds. The van der Waals surface area contributed by atoms with Gasteiger partial charge in [0.2, 0.25) is 0 Å². The molecule has 1 aromatic heterocycles. The van der Waals surface area contributed by atoms with Crippen LogP contribution in [0, 0.1) is 6.92 Å². The van der Waals surface area contributed by atoms with Crippen LogP contribution in [0.5, 0.6) is 0 Å². The van der Waals surface area contributed by atoms with Gasteiger partial charge in [-0.15, -0.1) is 0 Å². The van der Waals surface area contributed by atoms with Crippen molar-refractivity contribution in [2.45, 2.75) is 31.8 Å². The minimum Gasteiger partial charge on any atom is -0.383 e. The fraction of sp³-hybridized carbons (Fsp3) is 0.700. The number of hydrogen-bond acceptors (Lipinski definition) is 6. The molecule has 0 aromatic carbocycles. The average Bonchev–Trinajstić information content (AvgIpc) is 2.89. The van der Waals surface area contributed by atoms with Gasteiger partial charge in [-0.05, 0) is 37.8 Å². The number of anilines is 1. The van der Waals surface area contributed by atoms with Gasteiger partial charge in [0.05, 0.1) is 6.61 Å². The van der Waals surface area contributed by atoms with E-state index in [2.05, 4.69) is 27.8 Å². The average molecular weight is 377 g/mol. The molecule has 0 radical (unpaired) electrons. The number of aryl methyl sites for hydroxylation is 1. The Balaban J connectivity index is 1.60. The van der Waals surface area contributed by atoms with E-state index in [0.717, 1.165) is 39.0 Å². The van der Waals surface area contributed by atoms with Gasteiger partial charge in [0, 0.05) is 71.0 Å². The highest BCUT2D eigenvalue weighted by Crippen LogP contribution is 2.25. The van der Waals surface area contributed by atoms with Gasteiger partial charge in [-0.25, -0.2) is 0 Å². The highest BCUT2D eigenvalue weighted by Gasteiger charge is 2.43. The van der Waals surface area contributed by atoms with Gasteiger partial charge in [-0.2, -0.15) is 0 Å². The summed E-state index contributed by atoms with van der Waals surface area (Å²) in [5.41, 5.74) is 1.14. The van der Waals surface area contributed by atoms with Crippen LogP contribution < -0.4 is 4.90 Å². The maximum absolute atomic E-state index is 12.8. The zero-order valence-electron chi connectivity index (χ0n) is 16.6. The molecular formula is C20H32N4O3. The predicted octanol–water partition coefficient (Wildman–Crippen LogP) is 0.902. The van der Waals surface area contributed by atoms with Crippen LogP contribution in [0.2, 0.25) is 0 Å². The monoisotopic (exact) mass is 376 g/mol. The van der Waals surface area contributed by atoms with Gasteiger partial charge in [0.1, 0.15) is 0 Å². The van der Waals surface area contributed by atoms with Gasteiger partial charge in [0.25, 0.3) is 5.91 Å². The van der Waals surface area contributed by atoms with Crippen LogP contribution >= 0.6 is 0 Å². The molecule has 150 valence electrons. The molecule has 1 aromatic rings. The van der Waals surface area contributed by atoms with E-state index in [1.807, 2.05) is 12.4 Å². The van der Waals surface area contributed by atoms with E-state index in [-0.39, 0.29) is 5.91 Å². The standard InChI is InChI=1S/C20H32N4O3/c1-17-15-21-7-5-18(17)23-10-4-8-22(11-12-23)16-20(26)6-3-9-24(19(20)25)13-14-27-2/h5,7,15,26H,3-4,6,8-14,16H2,1-2H3/t20-/m0/s1. The second-order valence-corrected chi connectivity index (χ2v) is 7.70. The Morgan fingerprint density at radius 3 is 2.85 bits per heavy atom. The van der Waals surface area contributed by atoms with Gasteiger partial charge in [-0.3, -0.25) is 14.7 Å². The summed E-state index contributed by atoms with van der Waals surface area (Å²) in [6, 6.07) is 2.07. The van der Waals surface area contributed by atoms with Crippen LogP contribution in [-0.4, -0.2) is 90.9 Å². The summed E-state index contributed by atoms with van der Waals surface area (Å²) in [4.78, 5) is 23.4. The van der Waals surface area contributed by atoms with Crippen LogP contribution in [0.4, 0.5) is 5.69 Å². The number of hydrogen-bond donors (Lipinski definition) is 1. The summed E-state index contributed by atoms with van der Waals surface area (Å²) < 4.78 is 5.10. The largest absolute Gasteiger partial charge is 0.383 e. The maximum Gasteiger partial charge on any atom is 0.255 e. The summed E-state index contributed by atoms with van der Waals surface area (Å²) in [7, 11) is 1.63. The fourth-order valence-corrected chi connectivity index (χ4v) is 4.19. The van der Waals surface area contributed by atoms with Crippen molar-refractivity contribution in [3.8, 4) is 0 Å². The Hall–Kier alpha value is -1.70. The number of ether oxygens (including phenoxy) is 1. The number of carbonyl (C=O) groups is 1. The molecule has 2 aliphatic heterocycles. The number of amides is 1. The zero-order valence-corrected chi connectivity index (χ0v) is 16.6. The first-order chi connectivity index (χ1) is 13.0. The molecule has 2 aliphatic rings. The van der Waals surface area contributed by atoms with Crippen LogP contribution in [0.1, 0.15) is 24.8 Å². The SMILES string of the molecule is COCCN1CCC[C@](O)(CN2CCCN(c3ccncc3C)CC2)C1=O. The zero-order chi connectivity index (χ0) is 19.3. The van der Waals surface area contributed by atoms with E-state index < -0.39 is 5.60 Å². The molecular weight excluding hydrogens is 344 g/mol. The Kier molecular flexibility index (Phi) is 6.68. The Morgan fingerprint density at radius 2 is 2.07 bits per heavy atom. The van der Waals surface area contributed by atoms with Crippen LogP contribution in [0.25, 0.3) is 0 Å². The van der Waals surface area contributed by atoms with Crippen LogP contribution in [0.15, 0.2) is 18.5 Å². The third kappa shape index (κ3) is 4.78. The summed E-state index contributed by atoms with van der Waals surface area (Å²) in [6.07, 6.45) is 6.12. The van der Waals surface area contributed by atoms with Crippen molar-refractivity contribution in [3.05, 3.63) is 24.0 Å². The van der Waals surface area contributed by atoms with Gasteiger partial charge in [0.15, 0.2) is 5.60 Å². The number of aliphatic hydroxyl groups is 1. The first-order valence-electron chi connectivity index (χ1n) is 9.92. The first-order valence-corrected chi connectivity index (χ1v) is 9.92. The minimum atomic E-state index is -1.27. The lowest BCUT2D eigenvalue weighted by Gasteiger charge is -2.40.